The summed E-state index contributed by atoms with van der Waals surface area (Å²) < 4.78 is 16.5. The largest absolute Gasteiger partial charge is 0.491 e. The van der Waals surface area contributed by atoms with Gasteiger partial charge in [-0.05, 0) is 57.0 Å². The van der Waals surface area contributed by atoms with Crippen molar-refractivity contribution in [1.82, 2.24) is 10.6 Å². The van der Waals surface area contributed by atoms with Gasteiger partial charge in [0.25, 0.3) is 0 Å². The maximum Gasteiger partial charge on any atom is 0.191 e. The lowest BCUT2D eigenvalue weighted by molar-refractivity contribution is 0.145. The molecule has 0 aliphatic heterocycles. The monoisotopic (exact) mass is 417 g/mol. The number of aliphatic hydroxyl groups excluding tert-OH is 1. The number of benzene rings is 1. The molecule has 1 heterocycles. The van der Waals surface area contributed by atoms with Crippen molar-refractivity contribution in [3.63, 3.8) is 0 Å². The molecule has 0 spiro atoms. The van der Waals surface area contributed by atoms with Crippen LogP contribution in [0.5, 0.6) is 5.75 Å². The Hall–Kier alpha value is -2.51. The molecule has 0 bridgehead atoms. The average molecular weight is 418 g/mol. The van der Waals surface area contributed by atoms with Gasteiger partial charge in [-0.15, -0.1) is 0 Å². The van der Waals surface area contributed by atoms with Gasteiger partial charge in [-0.3, -0.25) is 4.99 Å². The van der Waals surface area contributed by atoms with Crippen LogP contribution >= 0.6 is 0 Å². The molecule has 0 saturated carbocycles. The second kappa shape index (κ2) is 13.7. The first-order valence-corrected chi connectivity index (χ1v) is 10.7. The fourth-order valence-corrected chi connectivity index (χ4v) is 2.81. The van der Waals surface area contributed by atoms with Gasteiger partial charge < -0.3 is 29.6 Å². The molecule has 1 atom stereocenters. The molecule has 7 heteroatoms. The van der Waals surface area contributed by atoms with Crippen molar-refractivity contribution in [2.75, 3.05) is 32.8 Å². The van der Waals surface area contributed by atoms with Gasteiger partial charge >= 0.3 is 0 Å². The van der Waals surface area contributed by atoms with Crippen molar-refractivity contribution in [2.45, 2.75) is 45.8 Å². The number of rotatable bonds is 13. The fourth-order valence-electron chi connectivity index (χ4n) is 2.81. The molecule has 0 aliphatic carbocycles. The predicted octanol–water partition coefficient (Wildman–Crippen LogP) is 3.30. The Balaban J connectivity index is 1.91. The van der Waals surface area contributed by atoms with Crippen LogP contribution in [0.2, 0.25) is 0 Å². The summed E-state index contributed by atoms with van der Waals surface area (Å²) in [5.74, 6) is 2.32. The zero-order valence-corrected chi connectivity index (χ0v) is 18.3. The lowest BCUT2D eigenvalue weighted by atomic mass is 10.1. The number of aliphatic hydroxyl groups is 1. The molecule has 0 amide bonds. The highest BCUT2D eigenvalue weighted by atomic mass is 16.5. The minimum absolute atomic E-state index is 0.0845. The summed E-state index contributed by atoms with van der Waals surface area (Å²) in [7, 11) is 0. The van der Waals surface area contributed by atoms with E-state index in [1.807, 2.05) is 57.2 Å². The minimum atomic E-state index is -0.715. The molecule has 0 saturated heterocycles. The zero-order valence-electron chi connectivity index (χ0n) is 18.3. The van der Waals surface area contributed by atoms with Crippen molar-refractivity contribution in [3.05, 3.63) is 54.0 Å². The molecule has 0 radical (unpaired) electrons. The van der Waals surface area contributed by atoms with Gasteiger partial charge in [0.1, 0.15) is 11.5 Å². The van der Waals surface area contributed by atoms with Crippen LogP contribution in [0.1, 0.15) is 44.6 Å². The normalized spacial score (nSPS) is 12.8. The first-order chi connectivity index (χ1) is 14.6. The van der Waals surface area contributed by atoms with E-state index in [4.69, 9.17) is 13.9 Å². The highest BCUT2D eigenvalue weighted by Gasteiger charge is 2.10. The molecule has 0 fully saturated rings. The molecule has 7 nitrogen and oxygen atoms in total. The van der Waals surface area contributed by atoms with E-state index in [9.17, 15) is 5.11 Å². The zero-order chi connectivity index (χ0) is 21.6. The Morgan fingerprint density at radius 3 is 2.73 bits per heavy atom. The van der Waals surface area contributed by atoms with E-state index < -0.39 is 6.10 Å². The van der Waals surface area contributed by atoms with E-state index in [2.05, 4.69) is 15.6 Å². The molecule has 1 unspecified atom stereocenters. The van der Waals surface area contributed by atoms with E-state index in [0.717, 1.165) is 36.5 Å². The lowest BCUT2D eigenvalue weighted by Crippen LogP contribution is -2.39. The predicted molar refractivity (Wildman–Crippen MR) is 119 cm³/mol. The fraction of sp³-hybridized carbons (Fsp3) is 0.522. The van der Waals surface area contributed by atoms with Crippen LogP contribution in [0.3, 0.4) is 0 Å². The molecule has 0 aliphatic rings. The van der Waals surface area contributed by atoms with E-state index in [0.29, 0.717) is 25.7 Å². The first kappa shape index (κ1) is 23.8. The van der Waals surface area contributed by atoms with Crippen molar-refractivity contribution in [3.8, 4) is 5.75 Å². The Labute approximate surface area is 179 Å². The van der Waals surface area contributed by atoms with Crippen LogP contribution in [0, 0.1) is 0 Å². The van der Waals surface area contributed by atoms with Gasteiger partial charge in [0.05, 0.1) is 25.0 Å². The van der Waals surface area contributed by atoms with Crippen LogP contribution in [0.25, 0.3) is 0 Å². The summed E-state index contributed by atoms with van der Waals surface area (Å²) in [6.07, 6.45) is 2.67. The molecular formula is C23H35N3O4. The molecule has 2 rings (SSSR count). The van der Waals surface area contributed by atoms with Crippen LogP contribution in [-0.2, 0) is 11.2 Å². The van der Waals surface area contributed by atoms with Crippen LogP contribution in [0.15, 0.2) is 52.1 Å². The number of hydrogen-bond donors (Lipinski definition) is 3. The second-order valence-corrected chi connectivity index (χ2v) is 7.18. The number of guanidine groups is 1. The highest BCUT2D eigenvalue weighted by Crippen LogP contribution is 2.20. The van der Waals surface area contributed by atoms with Crippen molar-refractivity contribution in [2.24, 2.45) is 4.99 Å². The third-order valence-electron chi connectivity index (χ3n) is 4.24. The molecule has 30 heavy (non-hydrogen) atoms. The van der Waals surface area contributed by atoms with Gasteiger partial charge in [-0.1, -0.05) is 12.1 Å². The number of ether oxygens (including phenoxy) is 2. The lowest BCUT2D eigenvalue weighted by Gasteiger charge is -2.15. The summed E-state index contributed by atoms with van der Waals surface area (Å²) in [5.41, 5.74) is 0.781. The number of nitrogens with one attached hydrogen (secondary N) is 2. The summed E-state index contributed by atoms with van der Waals surface area (Å²) in [6, 6.07) is 11.3. The van der Waals surface area contributed by atoms with Gasteiger partial charge in [0.15, 0.2) is 5.96 Å². The number of furan rings is 1. The van der Waals surface area contributed by atoms with Crippen molar-refractivity contribution in [1.29, 1.82) is 0 Å². The van der Waals surface area contributed by atoms with E-state index in [1.54, 1.807) is 6.26 Å². The third-order valence-corrected chi connectivity index (χ3v) is 4.24. The Bertz CT molecular complexity index is 732. The van der Waals surface area contributed by atoms with Gasteiger partial charge in [-0.2, -0.15) is 0 Å². The Morgan fingerprint density at radius 2 is 2.00 bits per heavy atom. The molecule has 1 aromatic heterocycles. The van der Waals surface area contributed by atoms with Gasteiger partial charge in [0.2, 0.25) is 0 Å². The van der Waals surface area contributed by atoms with Crippen molar-refractivity contribution < 1.29 is 19.0 Å². The third kappa shape index (κ3) is 9.33. The quantitative estimate of drug-likeness (QED) is 0.263. The number of nitrogens with zero attached hydrogens (tertiary/aromatic N) is 1. The molecule has 166 valence electrons. The van der Waals surface area contributed by atoms with Gasteiger partial charge in [0, 0.05) is 32.7 Å². The van der Waals surface area contributed by atoms with Crippen molar-refractivity contribution >= 4 is 5.96 Å². The minimum Gasteiger partial charge on any atom is -0.491 e. The maximum atomic E-state index is 10.6. The Kier molecular flexibility index (Phi) is 10.8. The summed E-state index contributed by atoms with van der Waals surface area (Å²) >= 11 is 0. The molecular weight excluding hydrogens is 382 g/mol. The smallest absolute Gasteiger partial charge is 0.191 e. The Morgan fingerprint density at radius 1 is 1.17 bits per heavy atom. The SMILES string of the molecule is CCOCCCNC(=NCC(O)c1cccc(OC(C)C)c1)NCCc1ccco1. The van der Waals surface area contributed by atoms with E-state index in [1.165, 1.54) is 0 Å². The summed E-state index contributed by atoms with van der Waals surface area (Å²) in [6.45, 7) is 9.02. The molecule has 2 aromatic rings. The van der Waals surface area contributed by atoms with Gasteiger partial charge in [-0.25, -0.2) is 0 Å². The molecule has 1 aromatic carbocycles. The molecule has 3 N–H and O–H groups in total. The summed E-state index contributed by atoms with van der Waals surface area (Å²) in [5, 5.41) is 17.2. The number of aliphatic imine (C=N–C) groups is 1. The second-order valence-electron chi connectivity index (χ2n) is 7.18. The highest BCUT2D eigenvalue weighted by molar-refractivity contribution is 5.79. The summed E-state index contributed by atoms with van der Waals surface area (Å²) in [4.78, 5) is 4.56. The maximum absolute atomic E-state index is 10.6. The van der Waals surface area contributed by atoms with E-state index in [-0.39, 0.29) is 12.6 Å². The van der Waals surface area contributed by atoms with Crippen LogP contribution in [-0.4, -0.2) is 50.0 Å². The van der Waals surface area contributed by atoms with Crippen LogP contribution in [0.4, 0.5) is 0 Å². The topological polar surface area (TPSA) is 88.2 Å². The first-order valence-electron chi connectivity index (χ1n) is 10.7. The standard InChI is InChI=1S/C23H35N3O4/c1-4-28-14-7-12-24-23(25-13-11-20-10-6-15-29-20)26-17-22(27)19-8-5-9-21(16-19)30-18(2)3/h5-6,8-10,15-16,18,22,27H,4,7,11-14,17H2,1-3H3,(H2,24,25,26). The average Bonchev–Trinajstić information content (AvgIpc) is 3.24. The number of hydrogen-bond acceptors (Lipinski definition) is 5. The van der Waals surface area contributed by atoms with Crippen LogP contribution < -0.4 is 15.4 Å². The van der Waals surface area contributed by atoms with E-state index >= 15 is 0 Å².